The molecule has 19 heavy (non-hydrogen) atoms. The van der Waals surface area contributed by atoms with E-state index in [4.69, 9.17) is 0 Å². The predicted molar refractivity (Wildman–Crippen MR) is 75.5 cm³/mol. The topological polar surface area (TPSA) is 40.5 Å². The van der Waals surface area contributed by atoms with Gasteiger partial charge in [0.25, 0.3) is 0 Å². The van der Waals surface area contributed by atoms with Crippen molar-refractivity contribution in [3.05, 3.63) is 57.3 Å². The van der Waals surface area contributed by atoms with Crippen LogP contribution in [0.1, 0.15) is 26.4 Å². The Hall–Kier alpha value is -1.65. The minimum absolute atomic E-state index is 0.415. The van der Waals surface area contributed by atoms with Crippen LogP contribution >= 0.6 is 11.3 Å². The summed E-state index contributed by atoms with van der Waals surface area (Å²) in [5.41, 5.74) is 2.70. The Morgan fingerprint density at radius 2 is 2.16 bits per heavy atom. The molecule has 98 valence electrons. The molecule has 1 aromatic heterocycles. The van der Waals surface area contributed by atoms with Crippen LogP contribution in [0.15, 0.2) is 35.7 Å². The number of aromatic carboxylic acids is 1. The number of carbonyl (C=O) groups is 1. The predicted octanol–water partition coefficient (Wildman–Crippen LogP) is 3.00. The van der Waals surface area contributed by atoms with Crippen LogP contribution in [0.25, 0.3) is 0 Å². The summed E-state index contributed by atoms with van der Waals surface area (Å²) in [6, 6.07) is 9.45. The summed E-state index contributed by atoms with van der Waals surface area (Å²) in [6.45, 7) is 2.63. The van der Waals surface area contributed by atoms with Gasteiger partial charge in [-0.15, -0.1) is 11.3 Å². The summed E-state index contributed by atoms with van der Waals surface area (Å²) in [5, 5.41) is 11.3. The van der Waals surface area contributed by atoms with E-state index in [-0.39, 0.29) is 0 Å². The van der Waals surface area contributed by atoms with Gasteiger partial charge in [-0.3, -0.25) is 4.90 Å². The molecule has 0 radical (unpaired) electrons. The Kier molecular flexibility index (Phi) is 3.36. The Balaban J connectivity index is 1.78. The SMILES string of the molecule is O=C(O)c1ccccc1CN1CCc2sccc2C1. The first-order valence-electron chi connectivity index (χ1n) is 6.33. The Morgan fingerprint density at radius 3 is 3.00 bits per heavy atom. The lowest BCUT2D eigenvalue weighted by molar-refractivity contribution is 0.0694. The molecule has 1 aromatic carbocycles. The molecular weight excluding hydrogens is 258 g/mol. The number of rotatable bonds is 3. The first kappa shape index (κ1) is 12.4. The van der Waals surface area contributed by atoms with Gasteiger partial charge in [-0.1, -0.05) is 18.2 Å². The van der Waals surface area contributed by atoms with Gasteiger partial charge in [0.1, 0.15) is 0 Å². The number of nitrogens with zero attached hydrogens (tertiary/aromatic N) is 1. The highest BCUT2D eigenvalue weighted by molar-refractivity contribution is 7.10. The van der Waals surface area contributed by atoms with Gasteiger partial charge < -0.3 is 5.11 Å². The number of carboxylic acid groups (broad SMARTS) is 1. The molecule has 0 spiro atoms. The Bertz CT molecular complexity index is 606. The standard InChI is InChI=1S/C15H15NO2S/c17-15(18)13-4-2-1-3-11(13)9-16-7-5-14-12(10-16)6-8-19-14/h1-4,6,8H,5,7,9-10H2,(H,17,18). The van der Waals surface area contributed by atoms with E-state index in [0.717, 1.165) is 25.1 Å². The second-order valence-corrected chi connectivity index (χ2v) is 5.79. The average Bonchev–Trinajstić information content (AvgIpc) is 2.86. The lowest BCUT2D eigenvalue weighted by Crippen LogP contribution is -2.29. The van der Waals surface area contributed by atoms with Crippen molar-refractivity contribution in [2.24, 2.45) is 0 Å². The van der Waals surface area contributed by atoms with Gasteiger partial charge in [0.2, 0.25) is 0 Å². The summed E-state index contributed by atoms with van der Waals surface area (Å²) < 4.78 is 0. The van der Waals surface area contributed by atoms with Crippen molar-refractivity contribution in [2.75, 3.05) is 6.54 Å². The molecule has 3 rings (SSSR count). The zero-order chi connectivity index (χ0) is 13.2. The van der Waals surface area contributed by atoms with Crippen LogP contribution in [-0.4, -0.2) is 22.5 Å². The van der Waals surface area contributed by atoms with Gasteiger partial charge in [0.05, 0.1) is 5.56 Å². The summed E-state index contributed by atoms with van der Waals surface area (Å²) in [5.74, 6) is -0.844. The maximum Gasteiger partial charge on any atom is 0.336 e. The molecule has 1 N–H and O–H groups in total. The summed E-state index contributed by atoms with van der Waals surface area (Å²) in [7, 11) is 0. The monoisotopic (exact) mass is 273 g/mol. The highest BCUT2D eigenvalue weighted by Crippen LogP contribution is 2.25. The van der Waals surface area contributed by atoms with E-state index in [1.165, 1.54) is 10.4 Å². The maximum atomic E-state index is 11.2. The second kappa shape index (κ2) is 5.15. The quantitative estimate of drug-likeness (QED) is 0.934. The first-order chi connectivity index (χ1) is 9.24. The number of hydrogen-bond donors (Lipinski definition) is 1. The Labute approximate surface area is 116 Å². The smallest absolute Gasteiger partial charge is 0.336 e. The molecular formula is C15H15NO2S. The number of fused-ring (bicyclic) bond motifs is 1. The molecule has 0 unspecified atom stereocenters. The largest absolute Gasteiger partial charge is 0.478 e. The van der Waals surface area contributed by atoms with Gasteiger partial charge in [-0.25, -0.2) is 4.79 Å². The van der Waals surface area contributed by atoms with E-state index in [1.807, 2.05) is 23.5 Å². The van der Waals surface area contributed by atoms with E-state index >= 15 is 0 Å². The third-order valence-corrected chi connectivity index (χ3v) is 4.55. The summed E-state index contributed by atoms with van der Waals surface area (Å²) in [4.78, 5) is 15.0. The summed E-state index contributed by atoms with van der Waals surface area (Å²) >= 11 is 1.82. The highest BCUT2D eigenvalue weighted by atomic mass is 32.1. The van der Waals surface area contributed by atoms with Crippen LogP contribution in [0.4, 0.5) is 0 Å². The maximum absolute atomic E-state index is 11.2. The zero-order valence-corrected chi connectivity index (χ0v) is 11.3. The van der Waals surface area contributed by atoms with Gasteiger partial charge in [-0.2, -0.15) is 0 Å². The van der Waals surface area contributed by atoms with Gasteiger partial charge in [0, 0.05) is 24.5 Å². The van der Waals surface area contributed by atoms with Crippen LogP contribution in [0.5, 0.6) is 0 Å². The van der Waals surface area contributed by atoms with Crippen LogP contribution < -0.4 is 0 Å². The molecule has 3 nitrogen and oxygen atoms in total. The molecule has 0 saturated carbocycles. The molecule has 2 heterocycles. The molecule has 0 bridgehead atoms. The molecule has 0 saturated heterocycles. The number of thiophene rings is 1. The van der Waals surface area contributed by atoms with Crippen LogP contribution in [0.2, 0.25) is 0 Å². The lowest BCUT2D eigenvalue weighted by atomic mass is 10.0. The van der Waals surface area contributed by atoms with E-state index in [1.54, 1.807) is 12.1 Å². The first-order valence-corrected chi connectivity index (χ1v) is 7.21. The fourth-order valence-electron chi connectivity index (χ4n) is 2.55. The third kappa shape index (κ3) is 2.55. The van der Waals surface area contributed by atoms with Gasteiger partial charge in [-0.05, 0) is 35.1 Å². The fraction of sp³-hybridized carbons (Fsp3) is 0.267. The van der Waals surface area contributed by atoms with Crippen molar-refractivity contribution in [3.63, 3.8) is 0 Å². The zero-order valence-electron chi connectivity index (χ0n) is 10.5. The van der Waals surface area contributed by atoms with Crippen molar-refractivity contribution in [2.45, 2.75) is 19.5 Å². The van der Waals surface area contributed by atoms with Crippen molar-refractivity contribution in [1.29, 1.82) is 0 Å². The molecule has 2 aromatic rings. The van der Waals surface area contributed by atoms with Crippen molar-refractivity contribution in [3.8, 4) is 0 Å². The molecule has 0 amide bonds. The Morgan fingerprint density at radius 1 is 1.32 bits per heavy atom. The minimum atomic E-state index is -0.844. The van der Waals surface area contributed by atoms with Crippen molar-refractivity contribution >= 4 is 17.3 Å². The van der Waals surface area contributed by atoms with E-state index in [2.05, 4.69) is 16.3 Å². The van der Waals surface area contributed by atoms with Crippen molar-refractivity contribution < 1.29 is 9.90 Å². The van der Waals surface area contributed by atoms with E-state index in [9.17, 15) is 9.90 Å². The average molecular weight is 273 g/mol. The van der Waals surface area contributed by atoms with E-state index in [0.29, 0.717) is 12.1 Å². The van der Waals surface area contributed by atoms with Gasteiger partial charge in [0.15, 0.2) is 0 Å². The molecule has 1 aliphatic rings. The molecule has 0 atom stereocenters. The number of carboxylic acids is 1. The fourth-order valence-corrected chi connectivity index (χ4v) is 3.44. The summed E-state index contributed by atoms with van der Waals surface area (Å²) in [6.07, 6.45) is 1.07. The van der Waals surface area contributed by atoms with Crippen LogP contribution in [-0.2, 0) is 19.5 Å². The number of hydrogen-bond acceptors (Lipinski definition) is 3. The lowest BCUT2D eigenvalue weighted by Gasteiger charge is -2.27. The van der Waals surface area contributed by atoms with Crippen molar-refractivity contribution in [1.82, 2.24) is 4.90 Å². The minimum Gasteiger partial charge on any atom is -0.478 e. The number of benzene rings is 1. The second-order valence-electron chi connectivity index (χ2n) is 4.79. The van der Waals surface area contributed by atoms with Crippen LogP contribution in [0, 0.1) is 0 Å². The highest BCUT2D eigenvalue weighted by Gasteiger charge is 2.19. The third-order valence-electron chi connectivity index (χ3n) is 3.53. The molecule has 0 aliphatic carbocycles. The van der Waals surface area contributed by atoms with Crippen LogP contribution in [0.3, 0.4) is 0 Å². The molecule has 1 aliphatic heterocycles. The molecule has 4 heteroatoms. The normalized spacial score (nSPS) is 15.2. The molecule has 0 fully saturated rings. The van der Waals surface area contributed by atoms with E-state index < -0.39 is 5.97 Å². The van der Waals surface area contributed by atoms with Gasteiger partial charge >= 0.3 is 5.97 Å².